The summed E-state index contributed by atoms with van der Waals surface area (Å²) >= 11 is 11.9. The van der Waals surface area contributed by atoms with Crippen LogP contribution in [0.15, 0.2) is 18.2 Å². The molecule has 0 heterocycles. The number of aliphatic hydroxyl groups is 1. The molecule has 94 valence electrons. The molecule has 2 atom stereocenters. The fraction of sp³-hybridized carbons (Fsp3) is 0.538. The molecule has 1 aromatic rings. The highest BCUT2D eigenvalue weighted by Crippen LogP contribution is 2.32. The Labute approximate surface area is 112 Å². The Morgan fingerprint density at radius 2 is 2.12 bits per heavy atom. The van der Waals surface area contributed by atoms with Crippen molar-refractivity contribution in [2.45, 2.75) is 31.9 Å². The van der Waals surface area contributed by atoms with Gasteiger partial charge in [0.1, 0.15) is 0 Å². The van der Waals surface area contributed by atoms with Crippen LogP contribution in [0.1, 0.15) is 31.4 Å². The van der Waals surface area contributed by atoms with Gasteiger partial charge in [0.15, 0.2) is 0 Å². The highest BCUT2D eigenvalue weighted by atomic mass is 35.5. The van der Waals surface area contributed by atoms with Gasteiger partial charge in [-0.2, -0.15) is 0 Å². The molecule has 1 aliphatic rings. The molecule has 1 aromatic carbocycles. The molecule has 0 aliphatic heterocycles. The number of rotatable bonds is 5. The predicted octanol–water partition coefficient (Wildman–Crippen LogP) is 3.41. The third kappa shape index (κ3) is 3.59. The van der Waals surface area contributed by atoms with Gasteiger partial charge in [-0.05, 0) is 43.9 Å². The minimum atomic E-state index is -0.609. The fourth-order valence-corrected chi connectivity index (χ4v) is 2.36. The van der Waals surface area contributed by atoms with Crippen LogP contribution in [0, 0.1) is 5.92 Å². The number of aliphatic hydroxyl groups excluding tert-OH is 1. The van der Waals surface area contributed by atoms with Gasteiger partial charge in [0.05, 0.1) is 6.10 Å². The maximum atomic E-state index is 10.1. The van der Waals surface area contributed by atoms with E-state index in [1.54, 1.807) is 18.2 Å². The fourth-order valence-electron chi connectivity index (χ4n) is 1.94. The van der Waals surface area contributed by atoms with E-state index in [0.29, 0.717) is 28.2 Å². The standard InChI is InChI=1S/C13H17Cl2NO/c1-8(9-2-3-9)16-7-13(17)11-6-10(14)4-5-12(11)15/h4-6,8-9,13,16-17H,2-3,7H2,1H3. The van der Waals surface area contributed by atoms with Crippen molar-refractivity contribution < 1.29 is 5.11 Å². The summed E-state index contributed by atoms with van der Waals surface area (Å²) in [4.78, 5) is 0. The molecule has 4 heteroatoms. The third-order valence-electron chi connectivity index (χ3n) is 3.28. The van der Waals surface area contributed by atoms with Crippen LogP contribution in [-0.2, 0) is 0 Å². The van der Waals surface area contributed by atoms with Crippen molar-refractivity contribution in [2.75, 3.05) is 6.54 Å². The van der Waals surface area contributed by atoms with E-state index in [1.807, 2.05) is 0 Å². The molecule has 2 rings (SSSR count). The molecule has 0 spiro atoms. The number of hydrogen-bond acceptors (Lipinski definition) is 2. The predicted molar refractivity (Wildman–Crippen MR) is 71.6 cm³/mol. The van der Waals surface area contributed by atoms with Crippen molar-refractivity contribution in [1.82, 2.24) is 5.32 Å². The molecule has 1 aliphatic carbocycles. The first-order valence-corrected chi connectivity index (χ1v) is 6.70. The lowest BCUT2D eigenvalue weighted by Gasteiger charge is -2.18. The van der Waals surface area contributed by atoms with Crippen molar-refractivity contribution in [3.05, 3.63) is 33.8 Å². The topological polar surface area (TPSA) is 32.3 Å². The molecule has 17 heavy (non-hydrogen) atoms. The molecular formula is C13H17Cl2NO. The van der Waals surface area contributed by atoms with Gasteiger partial charge in [-0.15, -0.1) is 0 Å². The van der Waals surface area contributed by atoms with Gasteiger partial charge in [0.25, 0.3) is 0 Å². The van der Waals surface area contributed by atoms with E-state index in [4.69, 9.17) is 23.2 Å². The second kappa shape index (κ2) is 5.57. The zero-order chi connectivity index (χ0) is 12.4. The van der Waals surface area contributed by atoms with Crippen LogP contribution in [0.4, 0.5) is 0 Å². The second-order valence-corrected chi connectivity index (χ2v) is 5.56. The summed E-state index contributed by atoms with van der Waals surface area (Å²) in [6.45, 7) is 2.67. The van der Waals surface area contributed by atoms with Gasteiger partial charge < -0.3 is 10.4 Å². The van der Waals surface area contributed by atoms with Gasteiger partial charge in [-0.1, -0.05) is 23.2 Å². The summed E-state index contributed by atoms with van der Waals surface area (Å²) in [6, 6.07) is 5.62. The molecule has 0 radical (unpaired) electrons. The zero-order valence-electron chi connectivity index (χ0n) is 9.79. The summed E-state index contributed by atoms with van der Waals surface area (Å²) in [5, 5.41) is 14.6. The highest BCUT2D eigenvalue weighted by molar-refractivity contribution is 6.33. The van der Waals surface area contributed by atoms with E-state index < -0.39 is 6.10 Å². The molecule has 1 saturated carbocycles. The van der Waals surface area contributed by atoms with Crippen LogP contribution in [-0.4, -0.2) is 17.7 Å². The maximum absolute atomic E-state index is 10.1. The third-order valence-corrected chi connectivity index (χ3v) is 3.86. The van der Waals surface area contributed by atoms with Gasteiger partial charge in [-0.25, -0.2) is 0 Å². The van der Waals surface area contributed by atoms with Crippen molar-refractivity contribution in [2.24, 2.45) is 5.92 Å². The lowest BCUT2D eigenvalue weighted by Crippen LogP contribution is -2.31. The van der Waals surface area contributed by atoms with E-state index in [1.165, 1.54) is 12.8 Å². The maximum Gasteiger partial charge on any atom is 0.0929 e. The van der Waals surface area contributed by atoms with Crippen LogP contribution in [0.5, 0.6) is 0 Å². The summed E-state index contributed by atoms with van der Waals surface area (Å²) in [7, 11) is 0. The lowest BCUT2D eigenvalue weighted by molar-refractivity contribution is 0.169. The highest BCUT2D eigenvalue weighted by Gasteiger charge is 2.28. The van der Waals surface area contributed by atoms with E-state index >= 15 is 0 Å². The number of benzene rings is 1. The molecule has 0 saturated heterocycles. The van der Waals surface area contributed by atoms with E-state index in [9.17, 15) is 5.11 Å². The quantitative estimate of drug-likeness (QED) is 0.862. The van der Waals surface area contributed by atoms with Crippen molar-refractivity contribution in [3.8, 4) is 0 Å². The molecule has 0 amide bonds. The van der Waals surface area contributed by atoms with Crippen LogP contribution >= 0.6 is 23.2 Å². The summed E-state index contributed by atoms with van der Waals surface area (Å²) < 4.78 is 0. The molecule has 2 N–H and O–H groups in total. The Hall–Kier alpha value is -0.280. The van der Waals surface area contributed by atoms with Crippen LogP contribution in [0.2, 0.25) is 10.0 Å². The molecule has 0 bridgehead atoms. The first kappa shape index (κ1) is 13.2. The van der Waals surface area contributed by atoms with Gasteiger partial charge in [-0.3, -0.25) is 0 Å². The lowest BCUT2D eigenvalue weighted by atomic mass is 10.1. The summed E-state index contributed by atoms with van der Waals surface area (Å²) in [5.74, 6) is 0.775. The van der Waals surface area contributed by atoms with Crippen molar-refractivity contribution in [3.63, 3.8) is 0 Å². The Kier molecular flexibility index (Phi) is 4.31. The monoisotopic (exact) mass is 273 g/mol. The summed E-state index contributed by atoms with van der Waals surface area (Å²) in [6.07, 6.45) is 1.98. The minimum absolute atomic E-state index is 0.461. The molecule has 1 fully saturated rings. The molecule has 0 aromatic heterocycles. The molecule has 2 unspecified atom stereocenters. The van der Waals surface area contributed by atoms with Crippen LogP contribution in [0.3, 0.4) is 0 Å². The Morgan fingerprint density at radius 1 is 1.41 bits per heavy atom. The molecular weight excluding hydrogens is 257 g/mol. The van der Waals surface area contributed by atoms with Gasteiger partial charge in [0, 0.05) is 28.2 Å². The van der Waals surface area contributed by atoms with Crippen molar-refractivity contribution in [1.29, 1.82) is 0 Å². The average Bonchev–Trinajstić information content (AvgIpc) is 3.12. The first-order chi connectivity index (χ1) is 8.08. The Balaban J connectivity index is 1.93. The Bertz CT molecular complexity index is 393. The second-order valence-electron chi connectivity index (χ2n) is 4.72. The van der Waals surface area contributed by atoms with E-state index in [0.717, 1.165) is 5.92 Å². The summed E-state index contributed by atoms with van der Waals surface area (Å²) in [5.41, 5.74) is 0.690. The normalized spacial score (nSPS) is 19.1. The largest absolute Gasteiger partial charge is 0.387 e. The zero-order valence-corrected chi connectivity index (χ0v) is 11.3. The first-order valence-electron chi connectivity index (χ1n) is 5.94. The van der Waals surface area contributed by atoms with Gasteiger partial charge >= 0.3 is 0 Å². The van der Waals surface area contributed by atoms with Crippen molar-refractivity contribution >= 4 is 23.2 Å². The van der Waals surface area contributed by atoms with E-state index in [2.05, 4.69) is 12.2 Å². The van der Waals surface area contributed by atoms with Gasteiger partial charge in [0.2, 0.25) is 0 Å². The number of halogens is 2. The SMILES string of the molecule is CC(NCC(O)c1cc(Cl)ccc1Cl)C1CC1. The molecule has 2 nitrogen and oxygen atoms in total. The average molecular weight is 274 g/mol. The minimum Gasteiger partial charge on any atom is -0.387 e. The number of hydrogen-bond donors (Lipinski definition) is 2. The smallest absolute Gasteiger partial charge is 0.0929 e. The number of nitrogens with one attached hydrogen (secondary N) is 1. The van der Waals surface area contributed by atoms with Crippen LogP contribution < -0.4 is 5.32 Å². The van der Waals surface area contributed by atoms with Crippen LogP contribution in [0.25, 0.3) is 0 Å². The van der Waals surface area contributed by atoms with E-state index in [-0.39, 0.29) is 0 Å². The Morgan fingerprint density at radius 3 is 2.76 bits per heavy atom.